The molecule has 1 N–H and O–H groups in total. The van der Waals surface area contributed by atoms with Crippen LogP contribution in [0.25, 0.3) is 0 Å². The smallest absolute Gasteiger partial charge is 0.181 e. The number of nitrogens with one attached hydrogen (secondary N) is 1. The van der Waals surface area contributed by atoms with Gasteiger partial charge in [-0.15, -0.1) is 0 Å². The quantitative estimate of drug-likeness (QED) is 0.744. The van der Waals surface area contributed by atoms with E-state index in [2.05, 4.69) is 15.2 Å². The molecule has 1 saturated heterocycles. The van der Waals surface area contributed by atoms with Gasteiger partial charge in [0.15, 0.2) is 6.39 Å². The number of aromatic nitrogens is 1. The molecule has 2 aliphatic rings. The highest BCUT2D eigenvalue weighted by Gasteiger charge is 2.30. The Morgan fingerprint density at radius 1 is 1.40 bits per heavy atom. The Balaban J connectivity index is 1.82. The van der Waals surface area contributed by atoms with Crippen LogP contribution in [0.1, 0.15) is 30.3 Å². The Hall–Kier alpha value is -0.870. The van der Waals surface area contributed by atoms with Crippen LogP contribution in [-0.2, 0) is 6.42 Å². The van der Waals surface area contributed by atoms with Gasteiger partial charge in [-0.25, -0.2) is 4.98 Å². The van der Waals surface area contributed by atoms with Gasteiger partial charge in [-0.2, -0.15) is 0 Å². The largest absolute Gasteiger partial charge is 0.447 e. The van der Waals surface area contributed by atoms with Crippen molar-refractivity contribution in [2.75, 3.05) is 26.2 Å². The molecule has 0 amide bonds. The average Bonchev–Trinajstić information content (AvgIpc) is 2.78. The van der Waals surface area contributed by atoms with Gasteiger partial charge in [0.2, 0.25) is 0 Å². The number of aryl methyl sites for hydroxylation is 1. The van der Waals surface area contributed by atoms with Gasteiger partial charge in [-0.1, -0.05) is 0 Å². The number of hydrogen-bond donors (Lipinski definition) is 1. The van der Waals surface area contributed by atoms with Crippen LogP contribution in [0.15, 0.2) is 10.8 Å². The van der Waals surface area contributed by atoms with Crippen molar-refractivity contribution in [1.82, 2.24) is 15.2 Å². The Bertz CT molecular complexity index is 330. The minimum absolute atomic E-state index is 0.485. The van der Waals surface area contributed by atoms with Gasteiger partial charge in [-0.05, 0) is 19.3 Å². The van der Waals surface area contributed by atoms with Crippen LogP contribution in [0.2, 0.25) is 0 Å². The molecule has 1 aromatic heterocycles. The Labute approximate surface area is 89.7 Å². The van der Waals surface area contributed by atoms with Crippen LogP contribution in [-0.4, -0.2) is 36.1 Å². The maximum Gasteiger partial charge on any atom is 0.181 e. The lowest BCUT2D eigenvalue weighted by molar-refractivity contribution is 0.138. The maximum atomic E-state index is 5.55. The monoisotopic (exact) mass is 207 g/mol. The number of piperazine rings is 1. The molecule has 1 aromatic rings. The summed E-state index contributed by atoms with van der Waals surface area (Å²) >= 11 is 0. The Morgan fingerprint density at radius 3 is 3.13 bits per heavy atom. The number of fused-ring (bicyclic) bond motifs is 1. The second-order valence-electron chi connectivity index (χ2n) is 4.36. The summed E-state index contributed by atoms with van der Waals surface area (Å²) in [6.07, 6.45) is 5.16. The molecule has 0 aromatic carbocycles. The number of oxazole rings is 1. The molecule has 1 fully saturated rings. The van der Waals surface area contributed by atoms with Crippen molar-refractivity contribution in [3.8, 4) is 0 Å². The van der Waals surface area contributed by atoms with Crippen LogP contribution in [0.3, 0.4) is 0 Å². The van der Waals surface area contributed by atoms with E-state index in [0.717, 1.165) is 38.4 Å². The fourth-order valence-electron chi connectivity index (χ4n) is 2.67. The van der Waals surface area contributed by atoms with Crippen molar-refractivity contribution in [3.05, 3.63) is 17.8 Å². The minimum Gasteiger partial charge on any atom is -0.447 e. The first-order valence-electron chi connectivity index (χ1n) is 5.82. The molecule has 15 heavy (non-hydrogen) atoms. The molecule has 3 rings (SSSR count). The SMILES string of the molecule is c1nc2c(o1)C(N1CCNCC1)CCC2. The Kier molecular flexibility index (Phi) is 2.46. The normalized spacial score (nSPS) is 27.6. The first-order chi connectivity index (χ1) is 7.45. The molecule has 1 aliphatic heterocycles. The molecule has 1 unspecified atom stereocenters. The lowest BCUT2D eigenvalue weighted by Crippen LogP contribution is -2.45. The molecule has 0 spiro atoms. The summed E-state index contributed by atoms with van der Waals surface area (Å²) < 4.78 is 5.55. The molecule has 4 heteroatoms. The van der Waals surface area contributed by atoms with Crippen molar-refractivity contribution in [3.63, 3.8) is 0 Å². The van der Waals surface area contributed by atoms with Crippen molar-refractivity contribution < 1.29 is 4.42 Å². The zero-order chi connectivity index (χ0) is 10.1. The third-order valence-electron chi connectivity index (χ3n) is 3.46. The van der Waals surface area contributed by atoms with E-state index in [4.69, 9.17) is 4.42 Å². The van der Waals surface area contributed by atoms with Gasteiger partial charge in [0, 0.05) is 26.2 Å². The summed E-state index contributed by atoms with van der Waals surface area (Å²) in [4.78, 5) is 6.82. The number of hydrogen-bond acceptors (Lipinski definition) is 4. The predicted octanol–water partition coefficient (Wildman–Crippen LogP) is 0.957. The molecule has 82 valence electrons. The predicted molar refractivity (Wildman–Crippen MR) is 56.6 cm³/mol. The summed E-state index contributed by atoms with van der Waals surface area (Å²) in [5.41, 5.74) is 1.18. The lowest BCUT2D eigenvalue weighted by Gasteiger charge is -2.35. The zero-order valence-corrected chi connectivity index (χ0v) is 8.91. The third-order valence-corrected chi connectivity index (χ3v) is 3.46. The van der Waals surface area contributed by atoms with Crippen LogP contribution in [0, 0.1) is 0 Å². The van der Waals surface area contributed by atoms with Gasteiger partial charge in [0.25, 0.3) is 0 Å². The second kappa shape index (κ2) is 3.94. The standard InChI is InChI=1S/C11H17N3O/c1-2-9-11(15-8-13-9)10(3-1)14-6-4-12-5-7-14/h8,10,12H,1-7H2. The Morgan fingerprint density at radius 2 is 2.27 bits per heavy atom. The zero-order valence-electron chi connectivity index (χ0n) is 8.91. The van der Waals surface area contributed by atoms with Crippen LogP contribution >= 0.6 is 0 Å². The van der Waals surface area contributed by atoms with E-state index in [0.29, 0.717) is 6.04 Å². The van der Waals surface area contributed by atoms with Crippen LogP contribution in [0.5, 0.6) is 0 Å². The fraction of sp³-hybridized carbons (Fsp3) is 0.727. The van der Waals surface area contributed by atoms with Crippen molar-refractivity contribution in [2.45, 2.75) is 25.3 Å². The van der Waals surface area contributed by atoms with E-state index in [9.17, 15) is 0 Å². The van der Waals surface area contributed by atoms with Gasteiger partial charge >= 0.3 is 0 Å². The minimum atomic E-state index is 0.485. The summed E-state index contributed by atoms with van der Waals surface area (Å²) in [7, 11) is 0. The maximum absolute atomic E-state index is 5.55. The third kappa shape index (κ3) is 1.68. The molecule has 2 heterocycles. The molecule has 0 saturated carbocycles. The average molecular weight is 207 g/mol. The molecule has 1 atom stereocenters. The fourth-order valence-corrected chi connectivity index (χ4v) is 2.67. The molecular formula is C11H17N3O. The van der Waals surface area contributed by atoms with Crippen molar-refractivity contribution in [1.29, 1.82) is 0 Å². The highest BCUT2D eigenvalue weighted by Crippen LogP contribution is 2.33. The van der Waals surface area contributed by atoms with E-state index < -0.39 is 0 Å². The highest BCUT2D eigenvalue weighted by atomic mass is 16.3. The van der Waals surface area contributed by atoms with E-state index >= 15 is 0 Å². The lowest BCUT2D eigenvalue weighted by atomic mass is 9.95. The number of nitrogens with zero attached hydrogens (tertiary/aromatic N) is 2. The summed E-state index contributed by atoms with van der Waals surface area (Å²) in [6, 6.07) is 0.485. The van der Waals surface area contributed by atoms with E-state index in [1.165, 1.54) is 18.5 Å². The summed E-state index contributed by atoms with van der Waals surface area (Å²) in [6.45, 7) is 4.45. The van der Waals surface area contributed by atoms with E-state index in [1.807, 2.05) is 0 Å². The number of rotatable bonds is 1. The van der Waals surface area contributed by atoms with Crippen LogP contribution < -0.4 is 5.32 Å². The van der Waals surface area contributed by atoms with Gasteiger partial charge in [0.05, 0.1) is 11.7 Å². The molecule has 4 nitrogen and oxygen atoms in total. The second-order valence-corrected chi connectivity index (χ2v) is 4.36. The van der Waals surface area contributed by atoms with Gasteiger partial charge in [-0.3, -0.25) is 4.90 Å². The van der Waals surface area contributed by atoms with E-state index in [-0.39, 0.29) is 0 Å². The first kappa shape index (κ1) is 9.36. The first-order valence-corrected chi connectivity index (χ1v) is 5.82. The topological polar surface area (TPSA) is 41.3 Å². The summed E-state index contributed by atoms with van der Waals surface area (Å²) in [5.74, 6) is 1.13. The van der Waals surface area contributed by atoms with Crippen LogP contribution in [0.4, 0.5) is 0 Å². The van der Waals surface area contributed by atoms with Gasteiger partial charge in [0.1, 0.15) is 5.76 Å². The highest BCUT2D eigenvalue weighted by molar-refractivity contribution is 5.15. The molecule has 0 radical (unpaired) electrons. The molecular weight excluding hydrogens is 190 g/mol. The molecule has 0 bridgehead atoms. The van der Waals surface area contributed by atoms with Crippen molar-refractivity contribution in [2.24, 2.45) is 0 Å². The summed E-state index contributed by atoms with van der Waals surface area (Å²) in [5, 5.41) is 3.38. The molecule has 1 aliphatic carbocycles. The van der Waals surface area contributed by atoms with Crippen molar-refractivity contribution >= 4 is 0 Å². The van der Waals surface area contributed by atoms with E-state index in [1.54, 1.807) is 6.39 Å². The van der Waals surface area contributed by atoms with Gasteiger partial charge < -0.3 is 9.73 Å².